The van der Waals surface area contributed by atoms with Gasteiger partial charge in [-0.25, -0.2) is 0 Å². The van der Waals surface area contributed by atoms with Crippen molar-refractivity contribution in [1.29, 1.82) is 0 Å². The van der Waals surface area contributed by atoms with Crippen LogP contribution in [0.4, 0.5) is 0 Å². The first-order chi connectivity index (χ1) is 9.61. The van der Waals surface area contributed by atoms with Crippen LogP contribution in [0, 0.1) is 6.92 Å². The number of rotatable bonds is 2. The number of benzene rings is 1. The number of nitrogens with zero attached hydrogens (tertiary/aromatic N) is 1. The molecule has 1 aromatic heterocycles. The number of esters is 1. The van der Waals surface area contributed by atoms with Crippen molar-refractivity contribution < 1.29 is 14.6 Å². The van der Waals surface area contributed by atoms with Crippen molar-refractivity contribution in [2.45, 2.75) is 32.6 Å². The molecule has 0 saturated carbocycles. The highest BCUT2D eigenvalue weighted by Crippen LogP contribution is 2.37. The second-order valence-electron chi connectivity index (χ2n) is 5.23. The second kappa shape index (κ2) is 4.78. The fourth-order valence-corrected chi connectivity index (χ4v) is 3.01. The molecule has 1 aromatic carbocycles. The lowest BCUT2D eigenvalue weighted by Crippen LogP contribution is -2.07. The highest BCUT2D eigenvalue weighted by Gasteiger charge is 2.21. The Kier molecular flexibility index (Phi) is 3.08. The van der Waals surface area contributed by atoms with Gasteiger partial charge in [0.1, 0.15) is 5.75 Å². The molecule has 1 heterocycles. The zero-order valence-electron chi connectivity index (χ0n) is 11.7. The van der Waals surface area contributed by atoms with Crippen molar-refractivity contribution in [2.24, 2.45) is 0 Å². The normalized spacial score (nSPS) is 13.5. The van der Waals surface area contributed by atoms with Gasteiger partial charge in [-0.2, -0.15) is 0 Å². The lowest BCUT2D eigenvalue weighted by atomic mass is 9.99. The van der Waals surface area contributed by atoms with Gasteiger partial charge < -0.3 is 9.84 Å². The average Bonchev–Trinajstić information content (AvgIpc) is 2.90. The van der Waals surface area contributed by atoms with E-state index < -0.39 is 0 Å². The van der Waals surface area contributed by atoms with Gasteiger partial charge in [0.25, 0.3) is 0 Å². The fraction of sp³-hybridized carbons (Fsp3) is 0.375. The Bertz CT molecular complexity index is 707. The molecule has 0 amide bonds. The minimum absolute atomic E-state index is 0.0563. The molecule has 1 aliphatic carbocycles. The summed E-state index contributed by atoms with van der Waals surface area (Å²) >= 11 is 0. The number of aryl methyl sites for hydroxylation is 3. The highest BCUT2D eigenvalue weighted by atomic mass is 16.5. The van der Waals surface area contributed by atoms with E-state index in [2.05, 4.69) is 11.1 Å². The lowest BCUT2D eigenvalue weighted by molar-refractivity contribution is -0.139. The third-order valence-corrected chi connectivity index (χ3v) is 4.06. The molecule has 1 N–H and O–H groups in total. The van der Waals surface area contributed by atoms with E-state index in [-0.39, 0.29) is 18.1 Å². The van der Waals surface area contributed by atoms with Crippen LogP contribution in [0.25, 0.3) is 10.9 Å². The van der Waals surface area contributed by atoms with E-state index in [1.54, 1.807) is 0 Å². The molecular formula is C16H17NO3. The SMILES string of the molecule is COC(=O)Cc1c(C)nc2ccc3c(c2c1O)CCC3. The first-order valence-electron chi connectivity index (χ1n) is 6.81. The van der Waals surface area contributed by atoms with Crippen LogP contribution in [-0.2, 0) is 28.8 Å². The van der Waals surface area contributed by atoms with E-state index in [1.165, 1.54) is 18.2 Å². The summed E-state index contributed by atoms with van der Waals surface area (Å²) < 4.78 is 4.69. The monoisotopic (exact) mass is 271 g/mol. The number of pyridine rings is 1. The zero-order chi connectivity index (χ0) is 14.3. The predicted octanol–water partition coefficient (Wildman–Crippen LogP) is 2.45. The number of carbonyl (C=O) groups excluding carboxylic acids is 1. The van der Waals surface area contributed by atoms with E-state index in [1.807, 2.05) is 13.0 Å². The Morgan fingerprint density at radius 1 is 1.40 bits per heavy atom. The van der Waals surface area contributed by atoms with Crippen molar-refractivity contribution in [3.05, 3.63) is 34.5 Å². The number of fused-ring (bicyclic) bond motifs is 3. The van der Waals surface area contributed by atoms with E-state index >= 15 is 0 Å². The molecular weight excluding hydrogens is 254 g/mol. The Labute approximate surface area is 117 Å². The molecule has 0 fully saturated rings. The molecule has 4 nitrogen and oxygen atoms in total. The van der Waals surface area contributed by atoms with Gasteiger partial charge in [-0.1, -0.05) is 6.07 Å². The quantitative estimate of drug-likeness (QED) is 0.852. The van der Waals surface area contributed by atoms with Crippen LogP contribution in [0.3, 0.4) is 0 Å². The van der Waals surface area contributed by atoms with E-state index in [9.17, 15) is 9.90 Å². The van der Waals surface area contributed by atoms with Gasteiger partial charge in [-0.15, -0.1) is 0 Å². The molecule has 104 valence electrons. The maximum atomic E-state index is 11.5. The minimum Gasteiger partial charge on any atom is -0.507 e. The Balaban J connectivity index is 2.24. The minimum atomic E-state index is -0.364. The van der Waals surface area contributed by atoms with Gasteiger partial charge in [0.2, 0.25) is 0 Å². The Morgan fingerprint density at radius 2 is 2.20 bits per heavy atom. The number of hydrogen-bond acceptors (Lipinski definition) is 4. The molecule has 3 rings (SSSR count). The summed E-state index contributed by atoms with van der Waals surface area (Å²) in [6, 6.07) is 4.05. The van der Waals surface area contributed by atoms with Crippen LogP contribution in [0.1, 0.15) is 28.8 Å². The average molecular weight is 271 g/mol. The number of carbonyl (C=O) groups is 1. The van der Waals surface area contributed by atoms with E-state index in [0.29, 0.717) is 11.3 Å². The molecule has 0 atom stereocenters. The zero-order valence-corrected chi connectivity index (χ0v) is 11.7. The molecule has 0 bridgehead atoms. The van der Waals surface area contributed by atoms with Crippen molar-refractivity contribution >= 4 is 16.9 Å². The molecule has 0 saturated heterocycles. The maximum absolute atomic E-state index is 11.5. The Hall–Kier alpha value is -2.10. The lowest BCUT2D eigenvalue weighted by Gasteiger charge is -2.13. The second-order valence-corrected chi connectivity index (χ2v) is 5.23. The maximum Gasteiger partial charge on any atom is 0.310 e. The molecule has 0 aliphatic heterocycles. The summed E-state index contributed by atoms with van der Waals surface area (Å²) in [6.07, 6.45) is 3.17. The van der Waals surface area contributed by atoms with Crippen molar-refractivity contribution in [1.82, 2.24) is 4.98 Å². The van der Waals surface area contributed by atoms with Crippen molar-refractivity contribution in [3.8, 4) is 5.75 Å². The summed E-state index contributed by atoms with van der Waals surface area (Å²) in [5.74, 6) is -0.172. The molecule has 0 radical (unpaired) electrons. The van der Waals surface area contributed by atoms with Crippen LogP contribution in [0.15, 0.2) is 12.1 Å². The first-order valence-corrected chi connectivity index (χ1v) is 6.81. The van der Waals surface area contributed by atoms with Gasteiger partial charge >= 0.3 is 5.97 Å². The van der Waals surface area contributed by atoms with Gasteiger partial charge in [0.15, 0.2) is 0 Å². The fourth-order valence-electron chi connectivity index (χ4n) is 3.01. The van der Waals surface area contributed by atoms with Crippen molar-refractivity contribution in [3.63, 3.8) is 0 Å². The molecule has 2 aromatic rings. The van der Waals surface area contributed by atoms with Crippen LogP contribution in [0.5, 0.6) is 5.75 Å². The Morgan fingerprint density at radius 3 is 2.95 bits per heavy atom. The molecule has 4 heteroatoms. The van der Waals surface area contributed by atoms with Gasteiger partial charge in [0.05, 0.1) is 19.0 Å². The first kappa shape index (κ1) is 12.9. The highest BCUT2D eigenvalue weighted by molar-refractivity contribution is 5.92. The molecule has 0 unspecified atom stereocenters. The molecule has 0 spiro atoms. The topological polar surface area (TPSA) is 59.4 Å². The van der Waals surface area contributed by atoms with Crippen LogP contribution >= 0.6 is 0 Å². The van der Waals surface area contributed by atoms with Gasteiger partial charge in [-0.05, 0) is 43.4 Å². The van der Waals surface area contributed by atoms with E-state index in [4.69, 9.17) is 4.74 Å². The summed E-state index contributed by atoms with van der Waals surface area (Å²) in [5, 5.41) is 11.4. The number of ether oxygens (including phenoxy) is 1. The van der Waals surface area contributed by atoms with Crippen LogP contribution in [0.2, 0.25) is 0 Å². The summed E-state index contributed by atoms with van der Waals surface area (Å²) in [5.41, 5.74) is 4.51. The number of aromatic hydroxyl groups is 1. The van der Waals surface area contributed by atoms with Crippen LogP contribution < -0.4 is 0 Å². The largest absolute Gasteiger partial charge is 0.507 e. The van der Waals surface area contributed by atoms with Gasteiger partial charge in [-0.3, -0.25) is 9.78 Å². The van der Waals surface area contributed by atoms with Crippen LogP contribution in [-0.4, -0.2) is 23.2 Å². The third-order valence-electron chi connectivity index (χ3n) is 4.06. The predicted molar refractivity (Wildman–Crippen MR) is 75.9 cm³/mol. The van der Waals surface area contributed by atoms with Crippen molar-refractivity contribution in [2.75, 3.05) is 7.11 Å². The molecule has 1 aliphatic rings. The van der Waals surface area contributed by atoms with E-state index in [0.717, 1.165) is 30.2 Å². The summed E-state index contributed by atoms with van der Waals surface area (Å²) in [7, 11) is 1.35. The number of hydrogen-bond donors (Lipinski definition) is 1. The number of methoxy groups -OCH3 is 1. The summed E-state index contributed by atoms with van der Waals surface area (Å²) in [4.78, 5) is 16.0. The van der Waals surface area contributed by atoms with Gasteiger partial charge in [0, 0.05) is 16.6 Å². The third kappa shape index (κ3) is 1.92. The summed E-state index contributed by atoms with van der Waals surface area (Å²) in [6.45, 7) is 1.81. The smallest absolute Gasteiger partial charge is 0.310 e. The standard InChI is InChI=1S/C16H17NO3/c1-9-12(8-14(18)20-2)16(19)15-11-5-3-4-10(11)6-7-13(15)17-9/h6-7H,3-5,8H2,1-2H3,(H,17,19). The number of aromatic nitrogens is 1. The molecule has 20 heavy (non-hydrogen) atoms.